The van der Waals surface area contributed by atoms with Crippen LogP contribution in [0.5, 0.6) is 5.75 Å². The lowest BCUT2D eigenvalue weighted by atomic mass is 9.74. The van der Waals surface area contributed by atoms with Crippen LogP contribution in [0.3, 0.4) is 0 Å². The lowest BCUT2D eigenvalue weighted by molar-refractivity contribution is 0.365. The Balaban J connectivity index is 1.86. The molecule has 2 nitrogen and oxygen atoms in total. The first-order valence-electron chi connectivity index (χ1n) is 8.15. The van der Waals surface area contributed by atoms with E-state index in [1.165, 1.54) is 36.1 Å². The van der Waals surface area contributed by atoms with Gasteiger partial charge in [0.2, 0.25) is 0 Å². The first-order valence-corrected chi connectivity index (χ1v) is 9.03. The van der Waals surface area contributed by atoms with E-state index in [9.17, 15) is 0 Å². The van der Waals surface area contributed by atoms with Gasteiger partial charge in [-0.2, -0.15) is 0 Å². The van der Waals surface area contributed by atoms with E-state index in [4.69, 9.17) is 4.74 Å². The summed E-state index contributed by atoms with van der Waals surface area (Å²) >= 11 is 1.88. The van der Waals surface area contributed by atoms with Crippen LogP contribution in [-0.4, -0.2) is 20.7 Å². The Bertz CT molecular complexity index is 593. The molecule has 3 heteroatoms. The molecule has 2 aromatic rings. The van der Waals surface area contributed by atoms with Gasteiger partial charge in [0.25, 0.3) is 0 Å². The van der Waals surface area contributed by atoms with E-state index < -0.39 is 0 Å². The fourth-order valence-electron chi connectivity index (χ4n) is 3.75. The van der Waals surface area contributed by atoms with Crippen molar-refractivity contribution in [2.45, 2.75) is 31.6 Å². The summed E-state index contributed by atoms with van der Waals surface area (Å²) in [4.78, 5) is 1.50. The van der Waals surface area contributed by atoms with E-state index in [0.29, 0.717) is 11.8 Å². The molecule has 1 N–H and O–H groups in total. The number of rotatable bonds is 6. The highest BCUT2D eigenvalue weighted by Crippen LogP contribution is 2.39. The maximum absolute atomic E-state index is 5.40. The normalized spacial score (nSPS) is 18.7. The van der Waals surface area contributed by atoms with E-state index >= 15 is 0 Å². The zero-order valence-electron chi connectivity index (χ0n) is 13.5. The predicted octanol–water partition coefficient (Wildman–Crippen LogP) is 4.25. The number of hydrogen-bond acceptors (Lipinski definition) is 3. The van der Waals surface area contributed by atoms with Crippen LogP contribution in [0.4, 0.5) is 0 Å². The quantitative estimate of drug-likeness (QED) is 0.860. The van der Waals surface area contributed by atoms with Crippen LogP contribution in [0.2, 0.25) is 0 Å². The summed E-state index contributed by atoms with van der Waals surface area (Å²) in [5, 5.41) is 5.60. The molecule has 1 aliphatic rings. The molecule has 0 amide bonds. The number of thiophene rings is 1. The molecule has 0 radical (unpaired) electrons. The van der Waals surface area contributed by atoms with Crippen LogP contribution < -0.4 is 10.1 Å². The summed E-state index contributed by atoms with van der Waals surface area (Å²) in [7, 11) is 3.82. The van der Waals surface area contributed by atoms with Crippen LogP contribution in [0.1, 0.15) is 34.8 Å². The van der Waals surface area contributed by atoms with Crippen molar-refractivity contribution in [2.24, 2.45) is 5.92 Å². The van der Waals surface area contributed by atoms with Gasteiger partial charge in [-0.05, 0) is 85.8 Å². The zero-order chi connectivity index (χ0) is 15.4. The summed E-state index contributed by atoms with van der Waals surface area (Å²) in [5.41, 5.74) is 3.03. The zero-order valence-corrected chi connectivity index (χ0v) is 14.3. The highest BCUT2D eigenvalue weighted by atomic mass is 32.1. The van der Waals surface area contributed by atoms with E-state index in [1.54, 1.807) is 12.7 Å². The van der Waals surface area contributed by atoms with Gasteiger partial charge in [0.1, 0.15) is 5.75 Å². The molecule has 22 heavy (non-hydrogen) atoms. The molecule has 2 unspecified atom stereocenters. The van der Waals surface area contributed by atoms with Crippen molar-refractivity contribution >= 4 is 11.3 Å². The third kappa shape index (κ3) is 3.36. The second kappa shape index (κ2) is 7.30. The molecular weight excluding hydrogens is 290 g/mol. The Kier molecular flexibility index (Phi) is 5.16. The van der Waals surface area contributed by atoms with Gasteiger partial charge in [0.05, 0.1) is 7.11 Å². The molecule has 0 saturated carbocycles. The Morgan fingerprint density at radius 1 is 1.36 bits per heavy atom. The van der Waals surface area contributed by atoms with Crippen molar-refractivity contribution in [1.82, 2.24) is 5.32 Å². The number of hydrogen-bond donors (Lipinski definition) is 1. The average molecular weight is 315 g/mol. The molecule has 0 saturated heterocycles. The molecule has 118 valence electrons. The van der Waals surface area contributed by atoms with Crippen LogP contribution in [0.15, 0.2) is 35.7 Å². The SMILES string of the molecule is CNCC(Cc1cccs1)C1CCCc2cc(OC)ccc21. The molecule has 0 aliphatic heterocycles. The average Bonchev–Trinajstić information content (AvgIpc) is 3.06. The standard InChI is InChI=1S/C19H25NOS/c1-20-13-15(12-17-6-4-10-22-17)18-7-3-5-14-11-16(21-2)8-9-19(14)18/h4,6,8-11,15,18,20H,3,5,7,12-13H2,1-2H3. The van der Waals surface area contributed by atoms with E-state index in [1.807, 2.05) is 11.3 Å². The van der Waals surface area contributed by atoms with Gasteiger partial charge in [-0.3, -0.25) is 0 Å². The topological polar surface area (TPSA) is 21.3 Å². The van der Waals surface area contributed by atoms with Gasteiger partial charge in [-0.25, -0.2) is 0 Å². The number of aryl methyl sites for hydroxylation is 1. The van der Waals surface area contributed by atoms with Crippen molar-refractivity contribution in [1.29, 1.82) is 0 Å². The van der Waals surface area contributed by atoms with Crippen LogP contribution >= 0.6 is 11.3 Å². The van der Waals surface area contributed by atoms with E-state index in [-0.39, 0.29) is 0 Å². The summed E-state index contributed by atoms with van der Waals surface area (Å²) in [6.07, 6.45) is 4.95. The Labute approximate surface area is 137 Å². The van der Waals surface area contributed by atoms with Crippen molar-refractivity contribution < 1.29 is 4.74 Å². The Morgan fingerprint density at radius 2 is 2.27 bits per heavy atom. The molecule has 1 aromatic heterocycles. The molecule has 1 aromatic carbocycles. The Morgan fingerprint density at radius 3 is 3.00 bits per heavy atom. The van der Waals surface area contributed by atoms with Gasteiger partial charge in [-0.1, -0.05) is 12.1 Å². The third-order valence-corrected chi connectivity index (χ3v) is 5.69. The number of methoxy groups -OCH3 is 1. The monoisotopic (exact) mass is 315 g/mol. The van der Waals surface area contributed by atoms with Crippen LogP contribution in [0.25, 0.3) is 0 Å². The second-order valence-corrected chi connectivity index (χ2v) is 7.20. The first kappa shape index (κ1) is 15.6. The lowest BCUT2D eigenvalue weighted by Gasteiger charge is -2.32. The molecule has 3 rings (SSSR count). The molecule has 1 heterocycles. The summed E-state index contributed by atoms with van der Waals surface area (Å²) in [6, 6.07) is 11.1. The third-order valence-electron chi connectivity index (χ3n) is 4.79. The smallest absolute Gasteiger partial charge is 0.119 e. The minimum absolute atomic E-state index is 0.657. The number of nitrogens with one attached hydrogen (secondary N) is 1. The van der Waals surface area contributed by atoms with Crippen LogP contribution in [-0.2, 0) is 12.8 Å². The minimum Gasteiger partial charge on any atom is -0.497 e. The van der Waals surface area contributed by atoms with Crippen molar-refractivity contribution in [3.8, 4) is 5.75 Å². The van der Waals surface area contributed by atoms with Gasteiger partial charge in [-0.15, -0.1) is 11.3 Å². The molecular formula is C19H25NOS. The molecule has 0 spiro atoms. The van der Waals surface area contributed by atoms with Crippen LogP contribution in [0, 0.1) is 5.92 Å². The van der Waals surface area contributed by atoms with Crippen molar-refractivity contribution in [3.63, 3.8) is 0 Å². The highest BCUT2D eigenvalue weighted by molar-refractivity contribution is 7.09. The number of benzene rings is 1. The first-order chi connectivity index (χ1) is 10.8. The maximum Gasteiger partial charge on any atom is 0.119 e. The summed E-state index contributed by atoms with van der Waals surface area (Å²) in [6.45, 7) is 1.08. The van der Waals surface area contributed by atoms with Crippen molar-refractivity contribution in [2.75, 3.05) is 20.7 Å². The van der Waals surface area contributed by atoms with Crippen molar-refractivity contribution in [3.05, 3.63) is 51.7 Å². The predicted molar refractivity (Wildman–Crippen MR) is 94.1 cm³/mol. The molecule has 1 aliphatic carbocycles. The summed E-state index contributed by atoms with van der Waals surface area (Å²) in [5.74, 6) is 2.31. The van der Waals surface area contributed by atoms with Gasteiger partial charge in [0, 0.05) is 4.88 Å². The lowest BCUT2D eigenvalue weighted by Crippen LogP contribution is -2.28. The molecule has 0 bridgehead atoms. The number of ether oxygens (including phenoxy) is 1. The molecule has 0 fully saturated rings. The molecule has 2 atom stereocenters. The van der Waals surface area contributed by atoms with Gasteiger partial charge in [0.15, 0.2) is 0 Å². The fraction of sp³-hybridized carbons (Fsp3) is 0.474. The largest absolute Gasteiger partial charge is 0.497 e. The van der Waals surface area contributed by atoms with E-state index in [0.717, 1.165) is 12.3 Å². The minimum atomic E-state index is 0.657. The second-order valence-electron chi connectivity index (χ2n) is 6.16. The maximum atomic E-state index is 5.40. The highest BCUT2D eigenvalue weighted by Gasteiger charge is 2.28. The van der Waals surface area contributed by atoms with Gasteiger partial charge < -0.3 is 10.1 Å². The number of fused-ring (bicyclic) bond motifs is 1. The Hall–Kier alpha value is -1.32. The van der Waals surface area contributed by atoms with Gasteiger partial charge >= 0.3 is 0 Å². The van der Waals surface area contributed by atoms with E-state index in [2.05, 4.69) is 48.1 Å². The fourth-order valence-corrected chi connectivity index (χ4v) is 4.55. The summed E-state index contributed by atoms with van der Waals surface area (Å²) < 4.78 is 5.40.